The lowest BCUT2D eigenvalue weighted by molar-refractivity contribution is 0.407. The van der Waals surface area contributed by atoms with Gasteiger partial charge >= 0.3 is 0 Å². The minimum Gasteiger partial charge on any atom is -0.496 e. The van der Waals surface area contributed by atoms with Crippen molar-refractivity contribution in [2.24, 2.45) is 5.73 Å². The maximum absolute atomic E-state index is 6.15. The number of hydrogen-bond donors (Lipinski definition) is 1. The van der Waals surface area contributed by atoms with Gasteiger partial charge in [-0.2, -0.15) is 0 Å². The predicted octanol–water partition coefficient (Wildman–Crippen LogP) is 2.93. The molecule has 0 spiro atoms. The molecule has 0 aromatic heterocycles. The Kier molecular flexibility index (Phi) is 3.78. The first-order chi connectivity index (χ1) is 6.60. The van der Waals surface area contributed by atoms with Crippen LogP contribution >= 0.6 is 11.6 Å². The quantitative estimate of drug-likeness (QED) is 0.838. The smallest absolute Gasteiger partial charge is 0.124 e. The highest BCUT2D eigenvalue weighted by molar-refractivity contribution is 6.31. The van der Waals surface area contributed by atoms with Gasteiger partial charge in [-0.1, -0.05) is 25.4 Å². The molecule has 0 aliphatic heterocycles. The van der Waals surface area contributed by atoms with Crippen molar-refractivity contribution < 1.29 is 4.74 Å². The second-order valence-corrected chi connectivity index (χ2v) is 3.96. The van der Waals surface area contributed by atoms with E-state index < -0.39 is 0 Å². The Labute approximate surface area is 90.0 Å². The molecule has 0 bridgehead atoms. The third-order valence-electron chi connectivity index (χ3n) is 2.18. The Balaban J connectivity index is 3.27. The van der Waals surface area contributed by atoms with Crippen LogP contribution in [0.25, 0.3) is 0 Å². The molecule has 78 valence electrons. The normalized spacial score (nSPS) is 10.7. The Morgan fingerprint density at radius 1 is 1.43 bits per heavy atom. The van der Waals surface area contributed by atoms with Crippen LogP contribution in [0.15, 0.2) is 12.1 Å². The summed E-state index contributed by atoms with van der Waals surface area (Å²) in [7, 11) is 1.65. The molecule has 2 N–H and O–H groups in total. The number of rotatable bonds is 3. The lowest BCUT2D eigenvalue weighted by atomic mass is 10.00. The molecule has 0 aliphatic rings. The van der Waals surface area contributed by atoms with Crippen molar-refractivity contribution in [3.8, 4) is 5.75 Å². The molecule has 0 aliphatic carbocycles. The molecule has 1 aromatic rings. The molecule has 14 heavy (non-hydrogen) atoms. The first-order valence-corrected chi connectivity index (χ1v) is 5.04. The highest BCUT2D eigenvalue weighted by Gasteiger charge is 2.12. The highest BCUT2D eigenvalue weighted by Crippen LogP contribution is 2.34. The van der Waals surface area contributed by atoms with E-state index in [1.807, 2.05) is 12.1 Å². The fourth-order valence-electron chi connectivity index (χ4n) is 1.49. The SMILES string of the molecule is COc1cc(CN)cc(Cl)c1C(C)C. The van der Waals surface area contributed by atoms with Crippen LogP contribution in [0.4, 0.5) is 0 Å². The molecule has 1 aromatic carbocycles. The molecule has 3 heteroatoms. The van der Waals surface area contributed by atoms with Crippen LogP contribution in [0, 0.1) is 0 Å². The van der Waals surface area contributed by atoms with Crippen LogP contribution in [-0.4, -0.2) is 7.11 Å². The topological polar surface area (TPSA) is 35.2 Å². The molecule has 2 nitrogen and oxygen atoms in total. The number of methoxy groups -OCH3 is 1. The van der Waals surface area contributed by atoms with Gasteiger partial charge in [0, 0.05) is 17.1 Å². The number of hydrogen-bond acceptors (Lipinski definition) is 2. The van der Waals surface area contributed by atoms with E-state index in [-0.39, 0.29) is 0 Å². The zero-order valence-corrected chi connectivity index (χ0v) is 9.56. The van der Waals surface area contributed by atoms with E-state index in [4.69, 9.17) is 22.1 Å². The van der Waals surface area contributed by atoms with E-state index in [9.17, 15) is 0 Å². The molecule has 0 saturated heterocycles. The Morgan fingerprint density at radius 3 is 2.50 bits per heavy atom. The van der Waals surface area contributed by atoms with E-state index in [0.717, 1.165) is 21.9 Å². The molecule has 0 amide bonds. The van der Waals surface area contributed by atoms with Gasteiger partial charge in [-0.3, -0.25) is 0 Å². The summed E-state index contributed by atoms with van der Waals surface area (Å²) in [6.45, 7) is 4.66. The summed E-state index contributed by atoms with van der Waals surface area (Å²) < 4.78 is 5.29. The first kappa shape index (κ1) is 11.3. The second-order valence-electron chi connectivity index (χ2n) is 3.55. The fourth-order valence-corrected chi connectivity index (χ4v) is 1.94. The lowest BCUT2D eigenvalue weighted by Gasteiger charge is -2.15. The van der Waals surface area contributed by atoms with Gasteiger partial charge in [0.15, 0.2) is 0 Å². The standard InChI is InChI=1S/C11H16ClNO/c1-7(2)11-9(12)4-8(6-13)5-10(11)14-3/h4-5,7H,6,13H2,1-3H3. The van der Waals surface area contributed by atoms with Gasteiger partial charge in [0.1, 0.15) is 5.75 Å². The summed E-state index contributed by atoms with van der Waals surface area (Å²) in [6, 6.07) is 3.85. The molecule has 0 radical (unpaired) electrons. The van der Waals surface area contributed by atoms with Crippen LogP contribution in [0.1, 0.15) is 30.9 Å². The number of benzene rings is 1. The van der Waals surface area contributed by atoms with Crippen LogP contribution in [-0.2, 0) is 6.54 Å². The molecule has 1 rings (SSSR count). The molecule has 0 fully saturated rings. The zero-order chi connectivity index (χ0) is 10.7. The van der Waals surface area contributed by atoms with Crippen LogP contribution < -0.4 is 10.5 Å². The Morgan fingerprint density at radius 2 is 2.07 bits per heavy atom. The van der Waals surface area contributed by atoms with E-state index in [1.54, 1.807) is 7.11 Å². The summed E-state index contributed by atoms with van der Waals surface area (Å²) in [5, 5.41) is 0.736. The third-order valence-corrected chi connectivity index (χ3v) is 2.50. The maximum Gasteiger partial charge on any atom is 0.124 e. The zero-order valence-electron chi connectivity index (χ0n) is 8.80. The molecular formula is C11H16ClNO. The predicted molar refractivity (Wildman–Crippen MR) is 60.0 cm³/mol. The molecule has 0 atom stereocenters. The van der Waals surface area contributed by atoms with Crippen LogP contribution in [0.3, 0.4) is 0 Å². The summed E-state index contributed by atoms with van der Waals surface area (Å²) in [6.07, 6.45) is 0. The minimum atomic E-state index is 0.351. The minimum absolute atomic E-state index is 0.351. The molecule has 0 unspecified atom stereocenters. The monoisotopic (exact) mass is 213 g/mol. The van der Waals surface area contributed by atoms with Crippen LogP contribution in [0.5, 0.6) is 5.75 Å². The van der Waals surface area contributed by atoms with E-state index in [2.05, 4.69) is 13.8 Å². The molecule has 0 heterocycles. The fraction of sp³-hybridized carbons (Fsp3) is 0.455. The largest absolute Gasteiger partial charge is 0.496 e. The highest BCUT2D eigenvalue weighted by atomic mass is 35.5. The number of nitrogens with two attached hydrogens (primary N) is 1. The molecular weight excluding hydrogens is 198 g/mol. The van der Waals surface area contributed by atoms with Gasteiger partial charge in [0.05, 0.1) is 7.11 Å². The Hall–Kier alpha value is -0.730. The van der Waals surface area contributed by atoms with E-state index in [1.165, 1.54) is 0 Å². The average Bonchev–Trinajstić information content (AvgIpc) is 2.15. The first-order valence-electron chi connectivity index (χ1n) is 4.66. The van der Waals surface area contributed by atoms with Gasteiger partial charge < -0.3 is 10.5 Å². The van der Waals surface area contributed by atoms with Crippen molar-refractivity contribution in [1.82, 2.24) is 0 Å². The summed E-state index contributed by atoms with van der Waals surface area (Å²) in [5.41, 5.74) is 7.60. The summed E-state index contributed by atoms with van der Waals surface area (Å²) in [4.78, 5) is 0. The van der Waals surface area contributed by atoms with Gasteiger partial charge in [-0.05, 0) is 23.6 Å². The van der Waals surface area contributed by atoms with E-state index >= 15 is 0 Å². The second kappa shape index (κ2) is 4.67. The van der Waals surface area contributed by atoms with Crippen molar-refractivity contribution in [2.45, 2.75) is 26.3 Å². The van der Waals surface area contributed by atoms with Gasteiger partial charge in [0.25, 0.3) is 0 Å². The average molecular weight is 214 g/mol. The van der Waals surface area contributed by atoms with Crippen molar-refractivity contribution in [1.29, 1.82) is 0 Å². The van der Waals surface area contributed by atoms with Crippen molar-refractivity contribution in [3.63, 3.8) is 0 Å². The van der Waals surface area contributed by atoms with Crippen molar-refractivity contribution in [3.05, 3.63) is 28.3 Å². The van der Waals surface area contributed by atoms with Gasteiger partial charge in [-0.15, -0.1) is 0 Å². The number of ether oxygens (including phenoxy) is 1. The Bertz CT molecular complexity index is 323. The van der Waals surface area contributed by atoms with Crippen molar-refractivity contribution >= 4 is 11.6 Å². The maximum atomic E-state index is 6.15. The number of halogens is 1. The van der Waals surface area contributed by atoms with Gasteiger partial charge in [-0.25, -0.2) is 0 Å². The van der Waals surface area contributed by atoms with Crippen LogP contribution in [0.2, 0.25) is 5.02 Å². The van der Waals surface area contributed by atoms with Gasteiger partial charge in [0.2, 0.25) is 0 Å². The summed E-state index contributed by atoms with van der Waals surface area (Å²) in [5.74, 6) is 1.18. The molecule has 0 saturated carbocycles. The van der Waals surface area contributed by atoms with E-state index in [0.29, 0.717) is 12.5 Å². The van der Waals surface area contributed by atoms with Crippen molar-refractivity contribution in [2.75, 3.05) is 7.11 Å². The third kappa shape index (κ3) is 2.20. The lowest BCUT2D eigenvalue weighted by Crippen LogP contribution is -2.01. The summed E-state index contributed by atoms with van der Waals surface area (Å²) >= 11 is 6.15.